The van der Waals surface area contributed by atoms with Crippen molar-refractivity contribution in [1.29, 1.82) is 0 Å². The van der Waals surface area contributed by atoms with Crippen LogP contribution in [0, 0.1) is 13.8 Å². The maximum absolute atomic E-state index is 13.2. The van der Waals surface area contributed by atoms with E-state index < -0.39 is 5.25 Å². The van der Waals surface area contributed by atoms with E-state index in [4.69, 9.17) is 0 Å². The number of amides is 2. The molecule has 0 spiro atoms. The van der Waals surface area contributed by atoms with Crippen molar-refractivity contribution in [1.82, 2.24) is 0 Å². The molecule has 2 amide bonds. The summed E-state index contributed by atoms with van der Waals surface area (Å²) in [5.74, 6) is -0.179. The van der Waals surface area contributed by atoms with Crippen molar-refractivity contribution in [2.45, 2.75) is 30.9 Å². The highest BCUT2D eigenvalue weighted by molar-refractivity contribution is 8.00. The third-order valence-corrected chi connectivity index (χ3v) is 5.69. The van der Waals surface area contributed by atoms with Gasteiger partial charge in [0.2, 0.25) is 11.8 Å². The number of hydrogen-bond acceptors (Lipinski definition) is 3. The summed E-state index contributed by atoms with van der Waals surface area (Å²) in [6.45, 7) is 5.47. The van der Waals surface area contributed by atoms with Crippen molar-refractivity contribution in [2.24, 2.45) is 0 Å². The molecule has 2 N–H and O–H groups in total. The zero-order valence-electron chi connectivity index (χ0n) is 16.7. The Labute approximate surface area is 175 Å². The predicted molar refractivity (Wildman–Crippen MR) is 120 cm³/mol. The van der Waals surface area contributed by atoms with Gasteiger partial charge in [0.15, 0.2) is 0 Å². The second kappa shape index (κ2) is 9.43. The van der Waals surface area contributed by atoms with Crippen molar-refractivity contribution in [3.8, 4) is 0 Å². The van der Waals surface area contributed by atoms with Crippen LogP contribution >= 0.6 is 11.8 Å². The first-order chi connectivity index (χ1) is 13.9. The fourth-order valence-electron chi connectivity index (χ4n) is 2.93. The summed E-state index contributed by atoms with van der Waals surface area (Å²) in [6.07, 6.45) is 0. The summed E-state index contributed by atoms with van der Waals surface area (Å²) in [6, 6.07) is 23.3. The summed E-state index contributed by atoms with van der Waals surface area (Å²) in [5.41, 5.74) is 4.63. The summed E-state index contributed by atoms with van der Waals surface area (Å²) in [7, 11) is 0. The molecule has 0 radical (unpaired) electrons. The highest BCUT2D eigenvalue weighted by atomic mass is 32.2. The molecule has 3 aromatic carbocycles. The zero-order valence-corrected chi connectivity index (χ0v) is 17.5. The van der Waals surface area contributed by atoms with Gasteiger partial charge in [-0.05, 0) is 60.9 Å². The third kappa shape index (κ3) is 5.72. The zero-order chi connectivity index (χ0) is 20.8. The van der Waals surface area contributed by atoms with Gasteiger partial charge in [-0.15, -0.1) is 11.8 Å². The Morgan fingerprint density at radius 3 is 2.21 bits per heavy atom. The van der Waals surface area contributed by atoms with Crippen LogP contribution in [0.3, 0.4) is 0 Å². The normalized spacial score (nSPS) is 11.6. The molecule has 3 aromatic rings. The molecule has 0 aliphatic rings. The number of anilines is 2. The van der Waals surface area contributed by atoms with Crippen molar-refractivity contribution in [3.05, 3.63) is 89.5 Å². The summed E-state index contributed by atoms with van der Waals surface area (Å²) in [5, 5.41) is 5.45. The Bertz CT molecular complexity index is 1000. The third-order valence-electron chi connectivity index (χ3n) is 4.42. The average molecular weight is 405 g/mol. The lowest BCUT2D eigenvalue weighted by Crippen LogP contribution is -2.19. The maximum atomic E-state index is 13.2. The van der Waals surface area contributed by atoms with Gasteiger partial charge in [-0.25, -0.2) is 0 Å². The summed E-state index contributed by atoms with van der Waals surface area (Å²) >= 11 is 1.48. The first kappa shape index (κ1) is 20.7. The number of rotatable bonds is 6. The molecular weight excluding hydrogens is 380 g/mol. The van der Waals surface area contributed by atoms with Gasteiger partial charge in [0.1, 0.15) is 5.25 Å². The number of carbonyl (C=O) groups is 2. The number of nitrogens with one attached hydrogen (secondary N) is 2. The average Bonchev–Trinajstić information content (AvgIpc) is 2.70. The number of benzene rings is 3. The van der Waals surface area contributed by atoms with E-state index in [1.165, 1.54) is 18.7 Å². The minimum Gasteiger partial charge on any atom is -0.326 e. The van der Waals surface area contributed by atoms with Gasteiger partial charge in [0.25, 0.3) is 0 Å². The Kier molecular flexibility index (Phi) is 6.73. The highest BCUT2D eigenvalue weighted by Gasteiger charge is 2.22. The van der Waals surface area contributed by atoms with Gasteiger partial charge >= 0.3 is 0 Å². The van der Waals surface area contributed by atoms with Gasteiger partial charge in [-0.3, -0.25) is 9.59 Å². The van der Waals surface area contributed by atoms with Crippen LogP contribution in [-0.2, 0) is 9.59 Å². The number of aryl methyl sites for hydroxylation is 2. The van der Waals surface area contributed by atoms with Crippen LogP contribution in [0.25, 0.3) is 0 Å². The fraction of sp³-hybridized carbons (Fsp3) is 0.167. The molecule has 4 nitrogen and oxygen atoms in total. The lowest BCUT2D eigenvalue weighted by atomic mass is 10.1. The first-order valence-electron chi connectivity index (χ1n) is 9.40. The second-order valence-electron chi connectivity index (χ2n) is 6.92. The van der Waals surface area contributed by atoms with E-state index in [-0.39, 0.29) is 11.8 Å². The Balaban J connectivity index is 1.84. The van der Waals surface area contributed by atoms with Crippen LogP contribution in [0.15, 0.2) is 77.7 Å². The molecule has 0 aliphatic carbocycles. The Hall–Kier alpha value is -3.05. The van der Waals surface area contributed by atoms with Crippen molar-refractivity contribution >= 4 is 35.0 Å². The molecule has 0 bridgehead atoms. The van der Waals surface area contributed by atoms with Crippen LogP contribution < -0.4 is 10.6 Å². The molecular formula is C24H24N2O2S. The molecule has 3 rings (SSSR count). The molecule has 0 saturated carbocycles. The monoisotopic (exact) mass is 404 g/mol. The molecule has 0 aliphatic heterocycles. The summed E-state index contributed by atoms with van der Waals surface area (Å²) < 4.78 is 0. The molecule has 1 atom stereocenters. The van der Waals surface area contributed by atoms with E-state index in [0.717, 1.165) is 33.0 Å². The van der Waals surface area contributed by atoms with Crippen molar-refractivity contribution < 1.29 is 9.59 Å². The van der Waals surface area contributed by atoms with Gasteiger partial charge in [-0.1, -0.05) is 42.5 Å². The van der Waals surface area contributed by atoms with Crippen molar-refractivity contribution in [3.63, 3.8) is 0 Å². The number of hydrogen-bond donors (Lipinski definition) is 2. The van der Waals surface area contributed by atoms with E-state index in [1.807, 2.05) is 86.6 Å². The lowest BCUT2D eigenvalue weighted by molar-refractivity contribution is -0.116. The standard InChI is InChI=1S/C24H24N2O2S/c1-16-9-10-17(2)22(15-16)26-24(28)23(19-7-5-4-6-8-19)29-21-13-11-20(12-14-21)25-18(3)27/h4-15,23H,1-3H3,(H,25,27)(H,26,28)/t23-/m1/s1. The highest BCUT2D eigenvalue weighted by Crippen LogP contribution is 2.37. The SMILES string of the molecule is CC(=O)Nc1ccc(S[C@@H](C(=O)Nc2cc(C)ccc2C)c2ccccc2)cc1. The number of carbonyl (C=O) groups excluding carboxylic acids is 2. The molecule has 148 valence electrons. The van der Waals surface area contributed by atoms with E-state index in [1.54, 1.807) is 0 Å². The van der Waals surface area contributed by atoms with Crippen LogP contribution in [0.5, 0.6) is 0 Å². The Morgan fingerprint density at radius 2 is 1.55 bits per heavy atom. The first-order valence-corrected chi connectivity index (χ1v) is 10.3. The second-order valence-corrected chi connectivity index (χ2v) is 8.10. The molecule has 0 heterocycles. The van der Waals surface area contributed by atoms with E-state index >= 15 is 0 Å². The van der Waals surface area contributed by atoms with Crippen LogP contribution in [0.2, 0.25) is 0 Å². The van der Waals surface area contributed by atoms with Gasteiger partial charge in [0, 0.05) is 23.2 Å². The largest absolute Gasteiger partial charge is 0.326 e. The molecule has 29 heavy (non-hydrogen) atoms. The number of thioether (sulfide) groups is 1. The van der Waals surface area contributed by atoms with Crippen LogP contribution in [0.1, 0.15) is 28.9 Å². The molecule has 5 heteroatoms. The van der Waals surface area contributed by atoms with Crippen LogP contribution in [-0.4, -0.2) is 11.8 Å². The van der Waals surface area contributed by atoms with E-state index in [9.17, 15) is 9.59 Å². The molecule has 0 aromatic heterocycles. The van der Waals surface area contributed by atoms with Gasteiger partial charge in [0.05, 0.1) is 0 Å². The smallest absolute Gasteiger partial charge is 0.242 e. The molecule has 0 fully saturated rings. The van der Waals surface area contributed by atoms with Crippen molar-refractivity contribution in [2.75, 3.05) is 10.6 Å². The molecule has 0 saturated heterocycles. The van der Waals surface area contributed by atoms with E-state index in [0.29, 0.717) is 0 Å². The lowest BCUT2D eigenvalue weighted by Gasteiger charge is -2.18. The molecule has 0 unspecified atom stereocenters. The minimum absolute atomic E-state index is 0.0687. The van der Waals surface area contributed by atoms with Gasteiger partial charge in [-0.2, -0.15) is 0 Å². The van der Waals surface area contributed by atoms with Gasteiger partial charge < -0.3 is 10.6 Å². The predicted octanol–water partition coefficient (Wildman–Crippen LogP) is 5.73. The Morgan fingerprint density at radius 1 is 0.862 bits per heavy atom. The van der Waals surface area contributed by atoms with E-state index in [2.05, 4.69) is 10.6 Å². The quantitative estimate of drug-likeness (QED) is 0.516. The fourth-order valence-corrected chi connectivity index (χ4v) is 3.95. The topological polar surface area (TPSA) is 58.2 Å². The van der Waals surface area contributed by atoms with Crippen LogP contribution in [0.4, 0.5) is 11.4 Å². The minimum atomic E-state index is -0.400. The maximum Gasteiger partial charge on any atom is 0.242 e. The summed E-state index contributed by atoms with van der Waals surface area (Å²) in [4.78, 5) is 25.4.